The van der Waals surface area contributed by atoms with Crippen molar-refractivity contribution in [1.82, 2.24) is 14.9 Å². The fourth-order valence-electron chi connectivity index (χ4n) is 3.42. The molecule has 6 nitrogen and oxygen atoms in total. The van der Waals surface area contributed by atoms with E-state index in [1.807, 2.05) is 24.5 Å². The van der Waals surface area contributed by atoms with Crippen LogP contribution < -0.4 is 5.32 Å². The van der Waals surface area contributed by atoms with Crippen molar-refractivity contribution in [2.45, 2.75) is 39.3 Å². The van der Waals surface area contributed by atoms with Crippen LogP contribution in [-0.2, 0) is 13.0 Å². The minimum atomic E-state index is -0.865. The number of anilines is 1. The summed E-state index contributed by atoms with van der Waals surface area (Å²) in [5.74, 6) is 0.360. The van der Waals surface area contributed by atoms with Gasteiger partial charge in [0.2, 0.25) is 5.95 Å². The molecule has 3 rings (SSSR count). The van der Waals surface area contributed by atoms with Gasteiger partial charge in [0.1, 0.15) is 0 Å². The van der Waals surface area contributed by atoms with Crippen molar-refractivity contribution >= 4 is 11.9 Å². The fourth-order valence-corrected chi connectivity index (χ4v) is 3.42. The molecular formula is C20H26N4O2. The smallest absolute Gasteiger partial charge is 0.335 e. The second-order valence-electron chi connectivity index (χ2n) is 7.31. The number of carboxylic acids is 1. The third kappa shape index (κ3) is 5.02. The molecule has 1 unspecified atom stereocenters. The number of benzene rings is 1. The molecule has 1 aromatic heterocycles. The third-order valence-corrected chi connectivity index (χ3v) is 4.60. The molecular weight excluding hydrogens is 328 g/mol. The summed E-state index contributed by atoms with van der Waals surface area (Å²) in [6, 6.07) is 7.60. The van der Waals surface area contributed by atoms with E-state index in [9.17, 15) is 4.79 Å². The summed E-state index contributed by atoms with van der Waals surface area (Å²) in [4.78, 5) is 22.3. The minimum Gasteiger partial charge on any atom is -0.478 e. The van der Waals surface area contributed by atoms with Crippen LogP contribution >= 0.6 is 0 Å². The van der Waals surface area contributed by atoms with E-state index in [0.29, 0.717) is 23.5 Å². The van der Waals surface area contributed by atoms with E-state index in [1.54, 1.807) is 12.1 Å². The standard InChI is InChI=1S/C20H26N4O2/c1-14(2)23-20-21-10-17(11-22-20)13-24-7-6-16(12-24)8-15-4-3-5-18(9-15)19(25)26/h3-5,9-11,14,16H,6-8,12-13H2,1-2H3,(H,25,26)(H,21,22,23). The van der Waals surface area contributed by atoms with Gasteiger partial charge in [0.15, 0.2) is 0 Å². The van der Waals surface area contributed by atoms with Gasteiger partial charge in [-0.3, -0.25) is 4.90 Å². The van der Waals surface area contributed by atoms with Gasteiger partial charge in [-0.15, -0.1) is 0 Å². The number of hydrogen-bond donors (Lipinski definition) is 2. The lowest BCUT2D eigenvalue weighted by Gasteiger charge is -2.16. The molecule has 138 valence electrons. The summed E-state index contributed by atoms with van der Waals surface area (Å²) in [7, 11) is 0. The first kappa shape index (κ1) is 18.3. The number of aromatic carboxylic acids is 1. The molecule has 1 atom stereocenters. The van der Waals surface area contributed by atoms with E-state index in [0.717, 1.165) is 43.6 Å². The van der Waals surface area contributed by atoms with Crippen LogP contribution in [0.4, 0.5) is 5.95 Å². The lowest BCUT2D eigenvalue weighted by molar-refractivity contribution is 0.0696. The zero-order chi connectivity index (χ0) is 18.5. The Morgan fingerprint density at radius 1 is 1.31 bits per heavy atom. The van der Waals surface area contributed by atoms with Gasteiger partial charge in [0.05, 0.1) is 5.56 Å². The number of carboxylic acid groups (broad SMARTS) is 1. The van der Waals surface area contributed by atoms with Crippen molar-refractivity contribution in [3.05, 3.63) is 53.3 Å². The number of aromatic nitrogens is 2. The van der Waals surface area contributed by atoms with Crippen LogP contribution in [0.1, 0.15) is 41.8 Å². The summed E-state index contributed by atoms with van der Waals surface area (Å²) >= 11 is 0. The van der Waals surface area contributed by atoms with Gasteiger partial charge < -0.3 is 10.4 Å². The molecule has 0 bridgehead atoms. The second kappa shape index (κ2) is 8.27. The lowest BCUT2D eigenvalue weighted by Crippen LogP contribution is -2.21. The Morgan fingerprint density at radius 2 is 2.08 bits per heavy atom. The largest absolute Gasteiger partial charge is 0.478 e. The summed E-state index contributed by atoms with van der Waals surface area (Å²) in [6.07, 6.45) is 5.83. The molecule has 6 heteroatoms. The van der Waals surface area contributed by atoms with Crippen molar-refractivity contribution in [1.29, 1.82) is 0 Å². The average Bonchev–Trinajstić information content (AvgIpc) is 3.03. The number of nitrogens with zero attached hydrogens (tertiary/aromatic N) is 3. The minimum absolute atomic E-state index is 0.319. The quantitative estimate of drug-likeness (QED) is 0.796. The molecule has 1 fully saturated rings. The van der Waals surface area contributed by atoms with Crippen LogP contribution in [0.5, 0.6) is 0 Å². The maximum atomic E-state index is 11.1. The molecule has 0 aliphatic carbocycles. The van der Waals surface area contributed by atoms with Gasteiger partial charge in [-0.2, -0.15) is 0 Å². The van der Waals surface area contributed by atoms with Gasteiger partial charge in [0.25, 0.3) is 0 Å². The van der Waals surface area contributed by atoms with E-state index < -0.39 is 5.97 Å². The highest BCUT2D eigenvalue weighted by Crippen LogP contribution is 2.23. The van der Waals surface area contributed by atoms with Gasteiger partial charge in [-0.1, -0.05) is 12.1 Å². The number of likely N-dealkylation sites (tertiary alicyclic amines) is 1. The van der Waals surface area contributed by atoms with Crippen LogP contribution in [0.25, 0.3) is 0 Å². The molecule has 0 saturated carbocycles. The van der Waals surface area contributed by atoms with Crippen molar-refractivity contribution in [2.75, 3.05) is 18.4 Å². The average molecular weight is 354 g/mol. The Kier molecular flexibility index (Phi) is 5.83. The van der Waals surface area contributed by atoms with Crippen molar-refractivity contribution in [3.63, 3.8) is 0 Å². The Hall–Kier alpha value is -2.47. The Bertz CT molecular complexity index is 746. The van der Waals surface area contributed by atoms with Crippen LogP contribution in [0, 0.1) is 5.92 Å². The second-order valence-corrected chi connectivity index (χ2v) is 7.31. The number of carbonyl (C=O) groups is 1. The molecule has 2 heterocycles. The highest BCUT2D eigenvalue weighted by Gasteiger charge is 2.23. The number of rotatable bonds is 7. The first-order valence-electron chi connectivity index (χ1n) is 9.11. The number of nitrogens with one attached hydrogen (secondary N) is 1. The first-order chi connectivity index (χ1) is 12.5. The summed E-state index contributed by atoms with van der Waals surface area (Å²) in [6.45, 7) is 7.05. The molecule has 1 aliphatic heterocycles. The maximum absolute atomic E-state index is 11.1. The maximum Gasteiger partial charge on any atom is 0.335 e. The van der Waals surface area contributed by atoms with Crippen molar-refractivity contribution in [2.24, 2.45) is 5.92 Å². The van der Waals surface area contributed by atoms with E-state index in [1.165, 1.54) is 0 Å². The lowest BCUT2D eigenvalue weighted by atomic mass is 9.97. The Labute approximate surface area is 154 Å². The predicted octanol–water partition coefficient (Wildman–Crippen LogP) is 3.06. The number of hydrogen-bond acceptors (Lipinski definition) is 5. The monoisotopic (exact) mass is 354 g/mol. The molecule has 0 spiro atoms. The van der Waals surface area contributed by atoms with Gasteiger partial charge >= 0.3 is 5.97 Å². The zero-order valence-corrected chi connectivity index (χ0v) is 15.4. The molecule has 2 aromatic rings. The summed E-state index contributed by atoms with van der Waals surface area (Å²) < 4.78 is 0. The highest BCUT2D eigenvalue weighted by molar-refractivity contribution is 5.87. The first-order valence-corrected chi connectivity index (χ1v) is 9.11. The van der Waals surface area contributed by atoms with Crippen LogP contribution in [0.15, 0.2) is 36.7 Å². The predicted molar refractivity (Wildman–Crippen MR) is 101 cm³/mol. The molecule has 1 saturated heterocycles. The van der Waals surface area contributed by atoms with E-state index >= 15 is 0 Å². The molecule has 1 aliphatic rings. The van der Waals surface area contributed by atoms with Gasteiger partial charge in [0, 0.05) is 37.1 Å². The third-order valence-electron chi connectivity index (χ3n) is 4.60. The van der Waals surface area contributed by atoms with Crippen molar-refractivity contribution < 1.29 is 9.90 Å². The van der Waals surface area contributed by atoms with Crippen LogP contribution in [-0.4, -0.2) is 45.1 Å². The molecule has 1 aromatic carbocycles. The van der Waals surface area contributed by atoms with E-state index in [-0.39, 0.29) is 0 Å². The SMILES string of the molecule is CC(C)Nc1ncc(CN2CCC(Cc3cccc(C(=O)O)c3)C2)cn1. The normalized spacial score (nSPS) is 17.6. The summed E-state index contributed by atoms with van der Waals surface area (Å²) in [5.41, 5.74) is 2.58. The highest BCUT2D eigenvalue weighted by atomic mass is 16.4. The Balaban J connectivity index is 1.52. The van der Waals surface area contributed by atoms with Crippen LogP contribution in [0.2, 0.25) is 0 Å². The molecule has 2 N–H and O–H groups in total. The van der Waals surface area contributed by atoms with E-state index in [2.05, 4.69) is 34.0 Å². The zero-order valence-electron chi connectivity index (χ0n) is 15.4. The van der Waals surface area contributed by atoms with E-state index in [4.69, 9.17) is 5.11 Å². The molecule has 26 heavy (non-hydrogen) atoms. The fraction of sp³-hybridized carbons (Fsp3) is 0.450. The molecule has 0 amide bonds. The van der Waals surface area contributed by atoms with Crippen molar-refractivity contribution in [3.8, 4) is 0 Å². The summed E-state index contributed by atoms with van der Waals surface area (Å²) in [5, 5.41) is 12.3. The Morgan fingerprint density at radius 3 is 2.77 bits per heavy atom. The molecule has 0 radical (unpaired) electrons. The topological polar surface area (TPSA) is 78.4 Å². The van der Waals surface area contributed by atoms with Crippen LogP contribution in [0.3, 0.4) is 0 Å². The van der Waals surface area contributed by atoms with Gasteiger partial charge in [-0.05, 0) is 56.8 Å². The van der Waals surface area contributed by atoms with Gasteiger partial charge in [-0.25, -0.2) is 14.8 Å².